The summed E-state index contributed by atoms with van der Waals surface area (Å²) < 4.78 is 5.30. The van der Waals surface area contributed by atoms with Crippen molar-refractivity contribution in [3.05, 3.63) is 22.6 Å². The van der Waals surface area contributed by atoms with E-state index in [4.69, 9.17) is 10.3 Å². The molecule has 0 bridgehead atoms. The van der Waals surface area contributed by atoms with E-state index in [2.05, 4.69) is 10.0 Å². The van der Waals surface area contributed by atoms with Gasteiger partial charge < -0.3 is 4.74 Å². The lowest BCUT2D eigenvalue weighted by Crippen LogP contribution is -2.40. The van der Waals surface area contributed by atoms with Crippen LogP contribution in [0.1, 0.15) is 27.2 Å². The van der Waals surface area contributed by atoms with E-state index in [9.17, 15) is 4.79 Å². The largest absolute Gasteiger partial charge is 0.444 e. The van der Waals surface area contributed by atoms with Crippen LogP contribution in [0.25, 0.3) is 10.4 Å². The molecule has 0 aromatic rings. The molecule has 17 heavy (non-hydrogen) atoms. The summed E-state index contributed by atoms with van der Waals surface area (Å²) in [5.41, 5.74) is 7.71. The molecular weight excluding hydrogens is 220 g/mol. The normalized spacial score (nSPS) is 19.0. The van der Waals surface area contributed by atoms with Crippen molar-refractivity contribution in [3.8, 4) is 0 Å². The van der Waals surface area contributed by atoms with Crippen molar-refractivity contribution in [2.45, 2.75) is 38.8 Å². The van der Waals surface area contributed by atoms with E-state index in [1.54, 1.807) is 4.90 Å². The van der Waals surface area contributed by atoms with Crippen molar-refractivity contribution >= 4 is 6.09 Å². The van der Waals surface area contributed by atoms with Gasteiger partial charge in [0, 0.05) is 18.0 Å². The second-order valence-corrected chi connectivity index (χ2v) is 4.87. The number of carbonyl (C=O) groups excluding carboxylic acids is 1. The van der Waals surface area contributed by atoms with Crippen molar-refractivity contribution in [2.24, 2.45) is 5.11 Å². The zero-order valence-electron chi connectivity index (χ0n) is 10.5. The highest BCUT2D eigenvalue weighted by atomic mass is 16.6. The highest BCUT2D eigenvalue weighted by Crippen LogP contribution is 2.18. The standard InChI is InChI=1S/C11H18N4O2/c1-11(2,3)17-10(16)15-8-4-5-9(15)6-7-13-14-12/h4-5,9H,6-8H2,1-3H3/t9-/m0/s1. The first-order chi connectivity index (χ1) is 7.94. The molecule has 1 heterocycles. The Labute approximate surface area is 101 Å². The Kier molecular flexibility index (Phi) is 4.40. The van der Waals surface area contributed by atoms with Crippen LogP contribution in [0.3, 0.4) is 0 Å². The van der Waals surface area contributed by atoms with Crippen molar-refractivity contribution < 1.29 is 9.53 Å². The minimum Gasteiger partial charge on any atom is -0.444 e. The molecule has 0 fully saturated rings. The van der Waals surface area contributed by atoms with Crippen LogP contribution in [0.4, 0.5) is 4.79 Å². The molecule has 0 aromatic heterocycles. The van der Waals surface area contributed by atoms with Gasteiger partial charge in [0.25, 0.3) is 0 Å². The molecule has 0 unspecified atom stereocenters. The number of nitrogens with zero attached hydrogens (tertiary/aromatic N) is 4. The van der Waals surface area contributed by atoms with E-state index in [1.807, 2.05) is 32.9 Å². The Bertz CT molecular complexity index is 353. The Morgan fingerprint density at radius 3 is 2.94 bits per heavy atom. The molecule has 0 saturated carbocycles. The summed E-state index contributed by atoms with van der Waals surface area (Å²) in [6.45, 7) is 6.44. The third kappa shape index (κ3) is 4.36. The maximum Gasteiger partial charge on any atom is 0.411 e. The Balaban J connectivity index is 2.52. The number of carbonyl (C=O) groups is 1. The van der Waals surface area contributed by atoms with Crippen LogP contribution in [0.5, 0.6) is 0 Å². The van der Waals surface area contributed by atoms with Crippen LogP contribution in [-0.2, 0) is 4.74 Å². The Morgan fingerprint density at radius 2 is 2.35 bits per heavy atom. The lowest BCUT2D eigenvalue weighted by Gasteiger charge is -2.28. The molecule has 0 spiro atoms. The molecule has 0 N–H and O–H groups in total. The molecular formula is C11H18N4O2. The number of hydrogen-bond donors (Lipinski definition) is 0. The van der Waals surface area contributed by atoms with Crippen LogP contribution in [0, 0.1) is 0 Å². The molecule has 1 amide bonds. The molecule has 1 rings (SSSR count). The van der Waals surface area contributed by atoms with Crippen LogP contribution in [-0.4, -0.2) is 35.7 Å². The number of rotatable bonds is 3. The van der Waals surface area contributed by atoms with Crippen LogP contribution < -0.4 is 0 Å². The third-order valence-corrected chi connectivity index (χ3v) is 2.28. The maximum absolute atomic E-state index is 11.9. The fourth-order valence-corrected chi connectivity index (χ4v) is 1.59. The molecule has 0 saturated heterocycles. The summed E-state index contributed by atoms with van der Waals surface area (Å²) in [7, 11) is 0. The molecule has 6 heteroatoms. The lowest BCUT2D eigenvalue weighted by molar-refractivity contribution is 0.0238. The van der Waals surface area contributed by atoms with Gasteiger partial charge in [-0.05, 0) is 32.7 Å². The number of hydrogen-bond acceptors (Lipinski definition) is 3. The van der Waals surface area contributed by atoms with Gasteiger partial charge in [-0.3, -0.25) is 4.90 Å². The molecule has 94 valence electrons. The monoisotopic (exact) mass is 238 g/mol. The van der Waals surface area contributed by atoms with Gasteiger partial charge in [0.2, 0.25) is 0 Å². The molecule has 1 aliphatic heterocycles. The van der Waals surface area contributed by atoms with Crippen molar-refractivity contribution in [1.82, 2.24) is 4.90 Å². The molecule has 1 atom stereocenters. The fourth-order valence-electron chi connectivity index (χ4n) is 1.59. The quantitative estimate of drug-likeness (QED) is 0.328. The SMILES string of the molecule is CC(C)(C)OC(=O)N1CC=C[C@H]1CCN=[N+]=[N-]. The molecule has 0 aromatic carbocycles. The summed E-state index contributed by atoms with van der Waals surface area (Å²) in [4.78, 5) is 16.2. The maximum atomic E-state index is 11.9. The smallest absolute Gasteiger partial charge is 0.411 e. The first-order valence-electron chi connectivity index (χ1n) is 5.61. The van der Waals surface area contributed by atoms with E-state index in [1.165, 1.54) is 0 Å². The molecule has 0 aliphatic carbocycles. The van der Waals surface area contributed by atoms with Gasteiger partial charge in [-0.1, -0.05) is 17.3 Å². The summed E-state index contributed by atoms with van der Waals surface area (Å²) in [5, 5.41) is 3.47. The van der Waals surface area contributed by atoms with Gasteiger partial charge in [0.05, 0.1) is 6.04 Å². The molecule has 0 radical (unpaired) electrons. The second kappa shape index (κ2) is 5.59. The summed E-state index contributed by atoms with van der Waals surface area (Å²) in [5.74, 6) is 0. The highest BCUT2D eigenvalue weighted by molar-refractivity contribution is 5.69. The van der Waals surface area contributed by atoms with E-state index < -0.39 is 5.60 Å². The van der Waals surface area contributed by atoms with Crippen molar-refractivity contribution in [1.29, 1.82) is 0 Å². The van der Waals surface area contributed by atoms with Crippen molar-refractivity contribution in [2.75, 3.05) is 13.1 Å². The predicted molar refractivity (Wildman–Crippen MR) is 64.5 cm³/mol. The molecule has 1 aliphatic rings. The second-order valence-electron chi connectivity index (χ2n) is 4.87. The Hall–Kier alpha value is -1.68. The first-order valence-corrected chi connectivity index (χ1v) is 5.61. The van der Waals surface area contributed by atoms with Gasteiger partial charge in [0.1, 0.15) is 5.60 Å². The average Bonchev–Trinajstić information content (AvgIpc) is 2.64. The zero-order chi connectivity index (χ0) is 12.9. The minimum absolute atomic E-state index is 0.0321. The van der Waals surface area contributed by atoms with Gasteiger partial charge in [0.15, 0.2) is 0 Å². The van der Waals surface area contributed by atoms with E-state index in [-0.39, 0.29) is 12.1 Å². The number of amides is 1. The Morgan fingerprint density at radius 1 is 1.65 bits per heavy atom. The zero-order valence-corrected chi connectivity index (χ0v) is 10.5. The summed E-state index contributed by atoms with van der Waals surface area (Å²) in [6, 6.07) is -0.0321. The van der Waals surface area contributed by atoms with E-state index in [0.717, 1.165) is 0 Å². The lowest BCUT2D eigenvalue weighted by atomic mass is 10.2. The average molecular weight is 238 g/mol. The van der Waals surface area contributed by atoms with Crippen molar-refractivity contribution in [3.63, 3.8) is 0 Å². The highest BCUT2D eigenvalue weighted by Gasteiger charge is 2.28. The van der Waals surface area contributed by atoms with E-state index >= 15 is 0 Å². The van der Waals surface area contributed by atoms with E-state index in [0.29, 0.717) is 19.5 Å². The first kappa shape index (κ1) is 13.4. The van der Waals surface area contributed by atoms with Crippen LogP contribution in [0.15, 0.2) is 17.3 Å². The van der Waals surface area contributed by atoms with Crippen LogP contribution in [0.2, 0.25) is 0 Å². The number of azide groups is 1. The summed E-state index contributed by atoms with van der Waals surface area (Å²) in [6.07, 6.45) is 4.16. The third-order valence-electron chi connectivity index (χ3n) is 2.28. The van der Waals surface area contributed by atoms with Gasteiger partial charge >= 0.3 is 6.09 Å². The fraction of sp³-hybridized carbons (Fsp3) is 0.727. The van der Waals surface area contributed by atoms with Gasteiger partial charge in [-0.2, -0.15) is 0 Å². The topological polar surface area (TPSA) is 78.3 Å². The molecule has 6 nitrogen and oxygen atoms in total. The predicted octanol–water partition coefficient (Wildman–Crippen LogP) is 2.86. The summed E-state index contributed by atoms with van der Waals surface area (Å²) >= 11 is 0. The van der Waals surface area contributed by atoms with Gasteiger partial charge in [-0.15, -0.1) is 0 Å². The van der Waals surface area contributed by atoms with Crippen LogP contribution >= 0.6 is 0 Å². The number of ether oxygens (including phenoxy) is 1. The van der Waals surface area contributed by atoms with Gasteiger partial charge in [-0.25, -0.2) is 4.79 Å². The minimum atomic E-state index is -0.491.